The number of carboxylic acids is 1. The lowest BCUT2D eigenvalue weighted by Crippen LogP contribution is -2.13. The minimum absolute atomic E-state index is 0.428. The molecule has 0 radical (unpaired) electrons. The Bertz CT molecular complexity index is 861. The van der Waals surface area contributed by atoms with E-state index in [1.807, 2.05) is 29.6 Å². The van der Waals surface area contributed by atoms with E-state index in [1.54, 1.807) is 30.3 Å². The molecule has 0 aliphatic carbocycles. The number of hydrogen-bond donors (Lipinski definition) is 1. The Kier molecular flexibility index (Phi) is 5.63. The average Bonchev–Trinajstić information content (AvgIpc) is 3.10. The van der Waals surface area contributed by atoms with Crippen LogP contribution in [0.15, 0.2) is 60.0 Å². The van der Waals surface area contributed by atoms with Gasteiger partial charge in [-0.25, -0.2) is 0 Å². The molecular weight excluding hydrogens is 379 g/mol. The topological polar surface area (TPSA) is 46.5 Å². The summed E-state index contributed by atoms with van der Waals surface area (Å²) in [5, 5.41) is 12.3. The van der Waals surface area contributed by atoms with Crippen LogP contribution in [0.25, 0.3) is 0 Å². The summed E-state index contributed by atoms with van der Waals surface area (Å²) in [5.74, 6) is -0.231. The van der Waals surface area contributed by atoms with Gasteiger partial charge in [0.2, 0.25) is 0 Å². The first kappa shape index (κ1) is 17.8. The fraction of sp³-hybridized carbons (Fsp3) is 0.105. The molecule has 1 heterocycles. The predicted molar refractivity (Wildman–Crippen MR) is 101 cm³/mol. The largest absolute Gasteiger partial charge is 0.481 e. The number of rotatable bonds is 6. The van der Waals surface area contributed by atoms with E-state index in [-0.39, 0.29) is 0 Å². The lowest BCUT2D eigenvalue weighted by molar-refractivity contribution is -0.138. The van der Waals surface area contributed by atoms with E-state index in [0.717, 1.165) is 10.4 Å². The van der Waals surface area contributed by atoms with E-state index in [2.05, 4.69) is 0 Å². The van der Waals surface area contributed by atoms with Crippen LogP contribution in [0.4, 0.5) is 0 Å². The molecule has 3 nitrogen and oxygen atoms in total. The molecule has 0 bridgehead atoms. The van der Waals surface area contributed by atoms with Crippen molar-refractivity contribution in [2.75, 3.05) is 0 Å². The van der Waals surface area contributed by atoms with Gasteiger partial charge in [0.05, 0.1) is 10.9 Å². The molecule has 0 amide bonds. The fourth-order valence-corrected chi connectivity index (χ4v) is 3.68. The zero-order valence-corrected chi connectivity index (χ0v) is 15.3. The third-order valence-corrected chi connectivity index (χ3v) is 5.19. The number of aliphatic carboxylic acids is 1. The number of ether oxygens (including phenoxy) is 1. The zero-order chi connectivity index (χ0) is 17.8. The second kappa shape index (κ2) is 7.91. The van der Waals surface area contributed by atoms with Gasteiger partial charge >= 0.3 is 5.97 Å². The molecule has 128 valence electrons. The van der Waals surface area contributed by atoms with Crippen molar-refractivity contribution in [2.45, 2.75) is 12.3 Å². The minimum atomic E-state index is -0.823. The van der Waals surface area contributed by atoms with Crippen molar-refractivity contribution in [1.82, 2.24) is 0 Å². The van der Waals surface area contributed by atoms with Crippen molar-refractivity contribution < 1.29 is 14.6 Å². The highest BCUT2D eigenvalue weighted by Crippen LogP contribution is 2.32. The molecule has 1 N–H and O–H groups in total. The summed E-state index contributed by atoms with van der Waals surface area (Å²) >= 11 is 13.4. The molecule has 25 heavy (non-hydrogen) atoms. The van der Waals surface area contributed by atoms with Crippen LogP contribution in [0.5, 0.6) is 11.5 Å². The molecule has 0 fully saturated rings. The summed E-state index contributed by atoms with van der Waals surface area (Å²) in [6.07, 6.45) is 0.428. The van der Waals surface area contributed by atoms with Crippen molar-refractivity contribution in [2.24, 2.45) is 0 Å². The van der Waals surface area contributed by atoms with Gasteiger partial charge in [0.25, 0.3) is 0 Å². The van der Waals surface area contributed by atoms with Gasteiger partial charge in [0, 0.05) is 9.90 Å². The normalized spacial score (nSPS) is 11.9. The first-order chi connectivity index (χ1) is 12.0. The molecule has 0 saturated heterocycles. The van der Waals surface area contributed by atoms with Gasteiger partial charge in [-0.1, -0.05) is 41.4 Å². The molecule has 3 rings (SSSR count). The van der Waals surface area contributed by atoms with Crippen LogP contribution >= 0.6 is 34.5 Å². The van der Waals surface area contributed by atoms with Gasteiger partial charge in [-0.15, -0.1) is 11.3 Å². The van der Waals surface area contributed by atoms with Crippen LogP contribution in [0.1, 0.15) is 16.4 Å². The number of halogens is 2. The third-order valence-electron chi connectivity index (χ3n) is 3.67. The molecule has 3 aromatic rings. The quantitative estimate of drug-likeness (QED) is 0.538. The van der Waals surface area contributed by atoms with Crippen LogP contribution < -0.4 is 4.74 Å². The van der Waals surface area contributed by atoms with Crippen LogP contribution in [0.2, 0.25) is 10.0 Å². The number of benzene rings is 2. The first-order valence-corrected chi connectivity index (χ1v) is 9.14. The highest BCUT2D eigenvalue weighted by molar-refractivity contribution is 7.10. The lowest BCUT2D eigenvalue weighted by Gasteiger charge is -2.12. The van der Waals surface area contributed by atoms with Crippen LogP contribution in [-0.4, -0.2) is 11.1 Å². The summed E-state index contributed by atoms with van der Waals surface area (Å²) in [6.45, 7) is 0. The fourth-order valence-electron chi connectivity index (χ4n) is 2.41. The highest BCUT2D eigenvalue weighted by atomic mass is 35.5. The monoisotopic (exact) mass is 392 g/mol. The number of thiophene rings is 1. The molecule has 0 spiro atoms. The van der Waals surface area contributed by atoms with Crippen LogP contribution in [0.3, 0.4) is 0 Å². The van der Waals surface area contributed by atoms with E-state index < -0.39 is 11.9 Å². The van der Waals surface area contributed by atoms with Gasteiger partial charge in [-0.2, -0.15) is 0 Å². The van der Waals surface area contributed by atoms with Gasteiger partial charge < -0.3 is 9.84 Å². The van der Waals surface area contributed by atoms with E-state index in [9.17, 15) is 9.90 Å². The average molecular weight is 393 g/mol. The molecule has 1 unspecified atom stereocenters. The number of carbonyl (C=O) groups is 1. The zero-order valence-electron chi connectivity index (χ0n) is 13.0. The van der Waals surface area contributed by atoms with Crippen molar-refractivity contribution in [3.63, 3.8) is 0 Å². The second-order valence-corrected chi connectivity index (χ2v) is 7.25. The van der Waals surface area contributed by atoms with E-state index in [1.165, 1.54) is 11.3 Å². The van der Waals surface area contributed by atoms with Crippen molar-refractivity contribution in [3.8, 4) is 11.5 Å². The molecule has 1 aromatic heterocycles. The Hall–Kier alpha value is -2.01. The minimum Gasteiger partial charge on any atom is -0.481 e. The SMILES string of the molecule is O=C(O)C(Cc1ccc(Oc2ccc(Cl)cc2Cl)cc1)c1cccs1. The Morgan fingerprint density at radius 1 is 1.12 bits per heavy atom. The van der Waals surface area contributed by atoms with Crippen molar-refractivity contribution >= 4 is 40.5 Å². The Labute approximate surface area is 159 Å². The molecule has 0 aliphatic heterocycles. The second-order valence-electron chi connectivity index (χ2n) is 5.43. The number of hydrogen-bond acceptors (Lipinski definition) is 3. The van der Waals surface area contributed by atoms with Gasteiger partial charge in [0.1, 0.15) is 11.5 Å². The van der Waals surface area contributed by atoms with Gasteiger partial charge in [-0.3, -0.25) is 4.79 Å². The summed E-state index contributed by atoms with van der Waals surface area (Å²) in [7, 11) is 0. The molecule has 6 heteroatoms. The molecular formula is C19H14Cl2O3S. The van der Waals surface area contributed by atoms with Gasteiger partial charge in [-0.05, 0) is 53.8 Å². The third kappa shape index (κ3) is 4.54. The van der Waals surface area contributed by atoms with Crippen LogP contribution in [0, 0.1) is 0 Å². The van der Waals surface area contributed by atoms with Crippen molar-refractivity contribution in [3.05, 3.63) is 80.5 Å². The molecule has 0 aliphatic rings. The maximum absolute atomic E-state index is 11.5. The van der Waals surface area contributed by atoms with E-state index in [4.69, 9.17) is 27.9 Å². The Balaban J connectivity index is 1.72. The Morgan fingerprint density at radius 2 is 1.88 bits per heavy atom. The predicted octanol–water partition coefficient (Wildman–Crippen LogP) is 6.26. The number of carboxylic acid groups (broad SMARTS) is 1. The summed E-state index contributed by atoms with van der Waals surface area (Å²) in [4.78, 5) is 12.4. The maximum Gasteiger partial charge on any atom is 0.312 e. The molecule has 1 atom stereocenters. The van der Waals surface area contributed by atoms with E-state index in [0.29, 0.717) is 28.0 Å². The molecule has 0 saturated carbocycles. The smallest absolute Gasteiger partial charge is 0.312 e. The van der Waals surface area contributed by atoms with Gasteiger partial charge in [0.15, 0.2) is 0 Å². The van der Waals surface area contributed by atoms with Crippen molar-refractivity contribution in [1.29, 1.82) is 0 Å². The maximum atomic E-state index is 11.5. The summed E-state index contributed by atoms with van der Waals surface area (Å²) in [5.41, 5.74) is 0.926. The lowest BCUT2D eigenvalue weighted by atomic mass is 9.98. The molecule has 2 aromatic carbocycles. The Morgan fingerprint density at radius 3 is 2.48 bits per heavy atom. The highest BCUT2D eigenvalue weighted by Gasteiger charge is 2.21. The summed E-state index contributed by atoms with van der Waals surface area (Å²) in [6, 6.07) is 16.1. The van der Waals surface area contributed by atoms with Crippen LogP contribution in [-0.2, 0) is 11.2 Å². The standard InChI is InChI=1S/C19H14Cl2O3S/c20-13-5-8-17(16(21)11-13)24-14-6-3-12(4-7-14)10-15(19(22)23)18-2-1-9-25-18/h1-9,11,15H,10H2,(H,22,23). The summed E-state index contributed by atoms with van der Waals surface area (Å²) < 4.78 is 5.74. The van der Waals surface area contributed by atoms with E-state index >= 15 is 0 Å². The first-order valence-electron chi connectivity index (χ1n) is 7.51.